The van der Waals surface area contributed by atoms with Gasteiger partial charge in [-0.1, -0.05) is 117 Å². The van der Waals surface area contributed by atoms with Crippen molar-refractivity contribution in [2.24, 2.45) is 11.8 Å². The number of unbranched alkanes of at least 4 members (excludes halogenated alkanes) is 10. The standard InChI is InChI=1S/C42H66N4O6/c1-5-9-11-13-15-17-21-31-23-27-35(37(47)29-31)41(51)45-43-39(49)33(19-7-3)25-26-34(20-8-4)40(50)44-46-42(52)36-28-24-32(30-38(36)48)22-18-16-14-12-10-6-2/h23-24,27-30,33-34,47-48H,5-22,25-26H2,1-4H3,(H,43,49)(H,44,50)(H,45,51)(H,46,52). The van der Waals surface area contributed by atoms with Crippen molar-refractivity contribution in [3.63, 3.8) is 0 Å². The SMILES string of the molecule is CCCCCCCCc1ccc(C(=O)NNC(=O)C(CCC)CCC(CCC)C(=O)NNC(=O)c2ccc(CCCCCCCC)cc2O)c(O)c1. The Morgan fingerprint density at radius 3 is 1.19 bits per heavy atom. The Labute approximate surface area is 312 Å². The maximum absolute atomic E-state index is 13.1. The number of hydrogen-bond donors (Lipinski definition) is 6. The predicted octanol–water partition coefficient (Wildman–Crippen LogP) is 8.74. The minimum atomic E-state index is -0.607. The Kier molecular flexibility index (Phi) is 21.9. The lowest BCUT2D eigenvalue weighted by molar-refractivity contribution is -0.128. The number of carbonyl (C=O) groups excluding carboxylic acids is 4. The number of benzene rings is 2. The van der Waals surface area contributed by atoms with Crippen LogP contribution < -0.4 is 21.7 Å². The summed E-state index contributed by atoms with van der Waals surface area (Å²) in [4.78, 5) is 51.9. The molecule has 0 saturated heterocycles. The molecule has 0 fully saturated rings. The lowest BCUT2D eigenvalue weighted by Gasteiger charge is -2.21. The first-order valence-electron chi connectivity index (χ1n) is 20.0. The van der Waals surface area contributed by atoms with Gasteiger partial charge in [-0.3, -0.25) is 40.9 Å². The molecule has 0 aliphatic carbocycles. The zero-order chi connectivity index (χ0) is 38.1. The molecule has 52 heavy (non-hydrogen) atoms. The molecule has 4 amide bonds. The molecule has 2 atom stereocenters. The van der Waals surface area contributed by atoms with E-state index in [1.807, 2.05) is 26.0 Å². The van der Waals surface area contributed by atoms with Crippen LogP contribution in [0.1, 0.15) is 175 Å². The van der Waals surface area contributed by atoms with Gasteiger partial charge in [0, 0.05) is 11.8 Å². The maximum Gasteiger partial charge on any atom is 0.273 e. The molecule has 10 nitrogen and oxygen atoms in total. The molecule has 0 aliphatic rings. The Balaban J connectivity index is 1.86. The molecule has 0 radical (unpaired) electrons. The largest absolute Gasteiger partial charge is 0.507 e. The molecular weight excluding hydrogens is 656 g/mol. The molecule has 0 aromatic heterocycles. The van der Waals surface area contributed by atoms with E-state index in [-0.39, 0.29) is 34.4 Å². The molecule has 10 heteroatoms. The van der Waals surface area contributed by atoms with E-state index in [4.69, 9.17) is 0 Å². The van der Waals surface area contributed by atoms with Crippen LogP contribution >= 0.6 is 0 Å². The third kappa shape index (κ3) is 16.5. The van der Waals surface area contributed by atoms with Crippen molar-refractivity contribution < 1.29 is 29.4 Å². The first-order chi connectivity index (χ1) is 25.1. The third-order valence-corrected chi connectivity index (χ3v) is 9.73. The highest BCUT2D eigenvalue weighted by molar-refractivity contribution is 5.98. The summed E-state index contributed by atoms with van der Waals surface area (Å²) >= 11 is 0. The van der Waals surface area contributed by atoms with Crippen molar-refractivity contribution in [3.05, 3.63) is 58.7 Å². The Morgan fingerprint density at radius 1 is 0.481 bits per heavy atom. The van der Waals surface area contributed by atoms with E-state index in [1.54, 1.807) is 24.3 Å². The van der Waals surface area contributed by atoms with Gasteiger partial charge in [-0.05, 0) is 86.8 Å². The summed E-state index contributed by atoms with van der Waals surface area (Å²) in [6.45, 7) is 8.32. The number of phenolic OH excluding ortho intramolecular Hbond substituents is 2. The van der Waals surface area contributed by atoms with Crippen molar-refractivity contribution in [1.29, 1.82) is 0 Å². The van der Waals surface area contributed by atoms with E-state index in [0.29, 0.717) is 25.7 Å². The van der Waals surface area contributed by atoms with Gasteiger partial charge in [0.1, 0.15) is 11.5 Å². The summed E-state index contributed by atoms with van der Waals surface area (Å²) in [5, 5.41) is 21.0. The summed E-state index contributed by atoms with van der Waals surface area (Å²) in [6.07, 6.45) is 19.2. The highest BCUT2D eigenvalue weighted by atomic mass is 16.3. The zero-order valence-corrected chi connectivity index (χ0v) is 32.3. The fraction of sp³-hybridized carbons (Fsp3) is 0.619. The van der Waals surface area contributed by atoms with E-state index >= 15 is 0 Å². The van der Waals surface area contributed by atoms with Crippen molar-refractivity contribution in [2.75, 3.05) is 0 Å². The number of phenols is 2. The molecule has 2 unspecified atom stereocenters. The number of hydrogen-bond acceptors (Lipinski definition) is 6. The minimum absolute atomic E-state index is 0.0817. The van der Waals surface area contributed by atoms with Crippen LogP contribution in [0, 0.1) is 11.8 Å². The van der Waals surface area contributed by atoms with Gasteiger partial charge in [0.25, 0.3) is 11.8 Å². The number of aryl methyl sites for hydroxylation is 2. The van der Waals surface area contributed by atoms with Gasteiger partial charge in [0.15, 0.2) is 0 Å². The van der Waals surface area contributed by atoms with Gasteiger partial charge in [-0.15, -0.1) is 0 Å². The molecule has 0 heterocycles. The van der Waals surface area contributed by atoms with Crippen molar-refractivity contribution in [2.45, 2.75) is 156 Å². The van der Waals surface area contributed by atoms with Gasteiger partial charge in [-0.2, -0.15) is 0 Å². The second-order valence-electron chi connectivity index (χ2n) is 14.2. The topological polar surface area (TPSA) is 157 Å². The average molecular weight is 723 g/mol. The molecule has 290 valence electrons. The maximum atomic E-state index is 13.1. The average Bonchev–Trinajstić information content (AvgIpc) is 3.13. The van der Waals surface area contributed by atoms with Crippen LogP contribution in [0.4, 0.5) is 0 Å². The van der Waals surface area contributed by atoms with Crippen molar-refractivity contribution >= 4 is 23.6 Å². The summed E-state index contributed by atoms with van der Waals surface area (Å²) in [5.41, 5.74) is 12.0. The molecule has 0 aliphatic heterocycles. The number of amides is 4. The van der Waals surface area contributed by atoms with Gasteiger partial charge in [0.2, 0.25) is 11.8 Å². The van der Waals surface area contributed by atoms with E-state index in [0.717, 1.165) is 62.5 Å². The second-order valence-corrected chi connectivity index (χ2v) is 14.2. The van der Waals surface area contributed by atoms with Crippen LogP contribution in [-0.2, 0) is 22.4 Å². The monoisotopic (exact) mass is 722 g/mol. The zero-order valence-electron chi connectivity index (χ0n) is 32.3. The van der Waals surface area contributed by atoms with Gasteiger partial charge >= 0.3 is 0 Å². The van der Waals surface area contributed by atoms with Crippen molar-refractivity contribution in [3.8, 4) is 11.5 Å². The molecule has 2 aromatic carbocycles. The molecule has 2 rings (SSSR count). The van der Waals surface area contributed by atoms with Crippen LogP contribution in [0.15, 0.2) is 36.4 Å². The highest BCUT2D eigenvalue weighted by Crippen LogP contribution is 2.24. The van der Waals surface area contributed by atoms with Crippen LogP contribution in [0.5, 0.6) is 11.5 Å². The van der Waals surface area contributed by atoms with E-state index in [9.17, 15) is 29.4 Å². The number of nitrogens with one attached hydrogen (secondary N) is 4. The van der Waals surface area contributed by atoms with Crippen LogP contribution in [0.2, 0.25) is 0 Å². The van der Waals surface area contributed by atoms with Crippen LogP contribution in [0.25, 0.3) is 0 Å². The molecule has 6 N–H and O–H groups in total. The Hall–Kier alpha value is -4.08. The van der Waals surface area contributed by atoms with Crippen molar-refractivity contribution in [1.82, 2.24) is 21.7 Å². The number of aromatic hydroxyl groups is 2. The number of hydrazine groups is 2. The van der Waals surface area contributed by atoms with E-state index < -0.39 is 23.7 Å². The smallest absolute Gasteiger partial charge is 0.273 e. The second kappa shape index (κ2) is 25.8. The third-order valence-electron chi connectivity index (χ3n) is 9.73. The highest BCUT2D eigenvalue weighted by Gasteiger charge is 2.25. The van der Waals surface area contributed by atoms with Gasteiger partial charge in [-0.25, -0.2) is 0 Å². The molecule has 2 aromatic rings. The summed E-state index contributed by atoms with van der Waals surface area (Å²) in [7, 11) is 0. The van der Waals surface area contributed by atoms with Crippen LogP contribution in [-0.4, -0.2) is 33.8 Å². The van der Waals surface area contributed by atoms with E-state index in [1.165, 1.54) is 51.4 Å². The first-order valence-corrected chi connectivity index (χ1v) is 20.0. The molecule has 0 saturated carbocycles. The summed E-state index contributed by atoms with van der Waals surface area (Å²) in [6, 6.07) is 10.0. The quantitative estimate of drug-likeness (QED) is 0.0445. The lowest BCUT2D eigenvalue weighted by Crippen LogP contribution is -2.46. The first kappa shape index (κ1) is 44.1. The Morgan fingerprint density at radius 2 is 0.846 bits per heavy atom. The summed E-state index contributed by atoms with van der Waals surface area (Å²) < 4.78 is 0. The molecular formula is C42H66N4O6. The number of rotatable bonds is 25. The lowest BCUT2D eigenvalue weighted by atomic mass is 9.89. The number of carbonyl (C=O) groups is 4. The van der Waals surface area contributed by atoms with E-state index in [2.05, 4.69) is 35.6 Å². The minimum Gasteiger partial charge on any atom is -0.507 e. The molecule has 0 bridgehead atoms. The normalized spacial score (nSPS) is 12.2. The van der Waals surface area contributed by atoms with Crippen LogP contribution in [0.3, 0.4) is 0 Å². The summed E-state index contributed by atoms with van der Waals surface area (Å²) in [5.74, 6) is -3.11. The predicted molar refractivity (Wildman–Crippen MR) is 208 cm³/mol. The Bertz CT molecular complexity index is 1280. The van der Waals surface area contributed by atoms with Gasteiger partial charge in [0.05, 0.1) is 11.1 Å². The van der Waals surface area contributed by atoms with Gasteiger partial charge < -0.3 is 10.2 Å². The fourth-order valence-electron chi connectivity index (χ4n) is 6.56. The fourth-order valence-corrected chi connectivity index (χ4v) is 6.56. The molecule has 0 spiro atoms.